The van der Waals surface area contributed by atoms with Crippen LogP contribution in [0.1, 0.15) is 18.0 Å². The zero-order chi connectivity index (χ0) is 13.2. The molecule has 6 heteroatoms. The Morgan fingerprint density at radius 2 is 1.94 bits per heavy atom. The molecule has 1 aliphatic heterocycles. The fraction of sp³-hybridized carbons (Fsp3) is 0.500. The molecule has 0 aromatic heterocycles. The summed E-state index contributed by atoms with van der Waals surface area (Å²) in [6.45, 7) is 2.02. The van der Waals surface area contributed by atoms with E-state index in [1.165, 1.54) is 6.26 Å². The maximum Gasteiger partial charge on any atom is 0.211 e. The first-order valence-electron chi connectivity index (χ1n) is 5.91. The standard InChI is InChI=1S/C12H17ClN2O2S/c1-18(16,17)15-9-8-14-7-6-12(15)10-2-4-11(13)5-3-10/h2-5,12,14H,6-9H2,1H3. The van der Waals surface area contributed by atoms with E-state index in [9.17, 15) is 8.42 Å². The Labute approximate surface area is 113 Å². The van der Waals surface area contributed by atoms with Crippen LogP contribution in [0.15, 0.2) is 24.3 Å². The molecule has 1 fully saturated rings. The van der Waals surface area contributed by atoms with Crippen molar-refractivity contribution in [1.29, 1.82) is 0 Å². The predicted molar refractivity (Wildman–Crippen MR) is 73.2 cm³/mol. The Morgan fingerprint density at radius 3 is 2.56 bits per heavy atom. The fourth-order valence-corrected chi connectivity index (χ4v) is 3.51. The summed E-state index contributed by atoms with van der Waals surface area (Å²) in [6.07, 6.45) is 2.04. The van der Waals surface area contributed by atoms with Crippen molar-refractivity contribution in [3.05, 3.63) is 34.9 Å². The van der Waals surface area contributed by atoms with E-state index in [0.29, 0.717) is 18.1 Å². The third kappa shape index (κ3) is 3.23. The summed E-state index contributed by atoms with van der Waals surface area (Å²) in [5, 5.41) is 3.89. The highest BCUT2D eigenvalue weighted by molar-refractivity contribution is 7.88. The van der Waals surface area contributed by atoms with Crippen LogP contribution in [0.4, 0.5) is 0 Å². The third-order valence-electron chi connectivity index (χ3n) is 3.13. The van der Waals surface area contributed by atoms with Gasteiger partial charge in [0.05, 0.1) is 12.3 Å². The lowest BCUT2D eigenvalue weighted by Crippen LogP contribution is -2.35. The molecule has 1 atom stereocenters. The molecule has 0 spiro atoms. The molecular weight excluding hydrogens is 272 g/mol. The van der Waals surface area contributed by atoms with E-state index in [1.807, 2.05) is 12.1 Å². The molecule has 1 heterocycles. The van der Waals surface area contributed by atoms with Gasteiger partial charge in [0.15, 0.2) is 0 Å². The maximum atomic E-state index is 11.9. The smallest absolute Gasteiger partial charge is 0.211 e. The molecule has 1 aliphatic rings. The van der Waals surface area contributed by atoms with Crippen molar-refractivity contribution in [2.75, 3.05) is 25.9 Å². The van der Waals surface area contributed by atoms with E-state index in [2.05, 4.69) is 5.32 Å². The maximum absolute atomic E-state index is 11.9. The van der Waals surface area contributed by atoms with Crippen molar-refractivity contribution in [3.8, 4) is 0 Å². The van der Waals surface area contributed by atoms with Crippen molar-refractivity contribution < 1.29 is 8.42 Å². The van der Waals surface area contributed by atoms with Gasteiger partial charge < -0.3 is 5.32 Å². The average Bonchev–Trinajstić information content (AvgIpc) is 2.54. The zero-order valence-electron chi connectivity index (χ0n) is 10.3. The van der Waals surface area contributed by atoms with Gasteiger partial charge >= 0.3 is 0 Å². The van der Waals surface area contributed by atoms with Gasteiger partial charge in [-0.2, -0.15) is 4.31 Å². The Kier molecular flexibility index (Phi) is 4.27. The number of nitrogens with one attached hydrogen (secondary N) is 1. The molecule has 18 heavy (non-hydrogen) atoms. The average molecular weight is 289 g/mol. The van der Waals surface area contributed by atoms with Crippen LogP contribution >= 0.6 is 11.6 Å². The molecule has 1 N–H and O–H groups in total. The van der Waals surface area contributed by atoms with Gasteiger partial charge in [0.2, 0.25) is 10.0 Å². The molecule has 4 nitrogen and oxygen atoms in total. The normalized spacial score (nSPS) is 22.7. The summed E-state index contributed by atoms with van der Waals surface area (Å²) in [5.74, 6) is 0. The third-order valence-corrected chi connectivity index (χ3v) is 4.67. The monoisotopic (exact) mass is 288 g/mol. The van der Waals surface area contributed by atoms with Crippen LogP contribution in [0.2, 0.25) is 5.02 Å². The first-order chi connectivity index (χ1) is 8.48. The molecule has 1 aromatic carbocycles. The number of benzene rings is 1. The van der Waals surface area contributed by atoms with Crippen LogP contribution in [0.3, 0.4) is 0 Å². The number of sulfonamides is 1. The second-order valence-corrected chi connectivity index (χ2v) is 6.85. The van der Waals surface area contributed by atoms with Crippen LogP contribution in [0.25, 0.3) is 0 Å². The van der Waals surface area contributed by atoms with Crippen molar-refractivity contribution >= 4 is 21.6 Å². The summed E-state index contributed by atoms with van der Waals surface area (Å²) in [6, 6.07) is 7.30. The van der Waals surface area contributed by atoms with Gasteiger partial charge in [-0.3, -0.25) is 0 Å². The molecule has 1 saturated heterocycles. The summed E-state index contributed by atoms with van der Waals surface area (Å²) in [5.41, 5.74) is 0.994. The van der Waals surface area contributed by atoms with Crippen LogP contribution < -0.4 is 5.32 Å². The first-order valence-corrected chi connectivity index (χ1v) is 8.14. The van der Waals surface area contributed by atoms with Gasteiger partial charge in [-0.05, 0) is 30.7 Å². The molecule has 2 rings (SSSR count). The summed E-state index contributed by atoms with van der Waals surface area (Å²) in [4.78, 5) is 0. The summed E-state index contributed by atoms with van der Waals surface area (Å²) >= 11 is 5.86. The predicted octanol–water partition coefficient (Wildman–Crippen LogP) is 1.64. The largest absolute Gasteiger partial charge is 0.315 e. The molecule has 1 unspecified atom stereocenters. The van der Waals surface area contributed by atoms with Crippen molar-refractivity contribution in [3.63, 3.8) is 0 Å². The van der Waals surface area contributed by atoms with Gasteiger partial charge in [-0.25, -0.2) is 8.42 Å². The van der Waals surface area contributed by atoms with Crippen LogP contribution in [0, 0.1) is 0 Å². The highest BCUT2D eigenvalue weighted by Gasteiger charge is 2.28. The van der Waals surface area contributed by atoms with Crippen molar-refractivity contribution in [2.24, 2.45) is 0 Å². The number of halogens is 1. The Morgan fingerprint density at radius 1 is 1.28 bits per heavy atom. The number of hydrogen-bond acceptors (Lipinski definition) is 3. The van der Waals surface area contributed by atoms with Crippen LogP contribution in [-0.2, 0) is 10.0 Å². The number of hydrogen-bond donors (Lipinski definition) is 1. The van der Waals surface area contributed by atoms with E-state index in [4.69, 9.17) is 11.6 Å². The second-order valence-electron chi connectivity index (χ2n) is 4.48. The molecule has 100 valence electrons. The fourth-order valence-electron chi connectivity index (χ4n) is 2.27. The SMILES string of the molecule is CS(=O)(=O)N1CCNCCC1c1ccc(Cl)cc1. The van der Waals surface area contributed by atoms with E-state index in [0.717, 1.165) is 18.5 Å². The lowest BCUT2D eigenvalue weighted by Gasteiger charge is -2.27. The molecule has 1 aromatic rings. The van der Waals surface area contributed by atoms with E-state index < -0.39 is 10.0 Å². The van der Waals surface area contributed by atoms with Gasteiger partial charge in [0.1, 0.15) is 0 Å². The Balaban J connectivity index is 2.34. The van der Waals surface area contributed by atoms with Gasteiger partial charge in [-0.1, -0.05) is 23.7 Å². The topological polar surface area (TPSA) is 49.4 Å². The van der Waals surface area contributed by atoms with E-state index >= 15 is 0 Å². The van der Waals surface area contributed by atoms with E-state index in [-0.39, 0.29) is 6.04 Å². The summed E-state index contributed by atoms with van der Waals surface area (Å²) < 4.78 is 25.3. The van der Waals surface area contributed by atoms with Gasteiger partial charge in [-0.15, -0.1) is 0 Å². The summed E-state index contributed by atoms with van der Waals surface area (Å²) in [7, 11) is -3.20. The Hall–Kier alpha value is -0.620. The molecule has 0 bridgehead atoms. The minimum atomic E-state index is -3.20. The zero-order valence-corrected chi connectivity index (χ0v) is 11.8. The molecule has 0 saturated carbocycles. The minimum Gasteiger partial charge on any atom is -0.315 e. The highest BCUT2D eigenvalue weighted by Crippen LogP contribution is 2.28. The van der Waals surface area contributed by atoms with E-state index in [1.54, 1.807) is 16.4 Å². The molecule has 0 amide bonds. The second kappa shape index (κ2) is 5.57. The van der Waals surface area contributed by atoms with Gasteiger partial charge in [0, 0.05) is 18.1 Å². The minimum absolute atomic E-state index is 0.104. The molecular formula is C12H17ClN2O2S. The Bertz CT molecular complexity index is 501. The van der Waals surface area contributed by atoms with Crippen molar-refractivity contribution in [1.82, 2.24) is 9.62 Å². The molecule has 0 radical (unpaired) electrons. The molecule has 0 aliphatic carbocycles. The lowest BCUT2D eigenvalue weighted by molar-refractivity contribution is 0.340. The van der Waals surface area contributed by atoms with Crippen molar-refractivity contribution in [2.45, 2.75) is 12.5 Å². The van der Waals surface area contributed by atoms with Crippen LogP contribution in [0.5, 0.6) is 0 Å². The number of nitrogens with zero attached hydrogens (tertiary/aromatic N) is 1. The van der Waals surface area contributed by atoms with Crippen LogP contribution in [-0.4, -0.2) is 38.6 Å². The first kappa shape index (κ1) is 13.8. The lowest BCUT2D eigenvalue weighted by atomic mass is 10.0. The highest BCUT2D eigenvalue weighted by atomic mass is 35.5. The van der Waals surface area contributed by atoms with Gasteiger partial charge in [0.25, 0.3) is 0 Å². The number of rotatable bonds is 2. The quantitative estimate of drug-likeness (QED) is 0.900.